The van der Waals surface area contributed by atoms with Crippen molar-refractivity contribution in [2.45, 2.75) is 12.3 Å². The fourth-order valence-electron chi connectivity index (χ4n) is 4.39. The van der Waals surface area contributed by atoms with Crippen LogP contribution in [-0.2, 0) is 9.53 Å². The maximum Gasteiger partial charge on any atom is 0.337 e. The van der Waals surface area contributed by atoms with Gasteiger partial charge in [-0.05, 0) is 42.0 Å². The monoisotopic (exact) mass is 415 g/mol. The van der Waals surface area contributed by atoms with E-state index in [0.717, 1.165) is 27.6 Å². The van der Waals surface area contributed by atoms with Crippen LogP contribution in [0.5, 0.6) is 5.75 Å². The second-order valence-corrected chi connectivity index (χ2v) is 7.60. The minimum atomic E-state index is -0.398. The molecule has 0 aliphatic carbocycles. The fourth-order valence-corrected chi connectivity index (χ4v) is 4.39. The van der Waals surface area contributed by atoms with E-state index in [0.29, 0.717) is 29.9 Å². The summed E-state index contributed by atoms with van der Waals surface area (Å²) in [6, 6.07) is 18.7. The number of para-hydroxylation sites is 1. The molecule has 0 bridgehead atoms. The molecular weight excluding hydrogens is 394 g/mol. The fraction of sp³-hybridized carbons (Fsp3) is 0.200. The average molecular weight is 415 g/mol. The molecular formula is C25H21NO5. The predicted octanol–water partition coefficient (Wildman–Crippen LogP) is 4.90. The van der Waals surface area contributed by atoms with Crippen molar-refractivity contribution >= 4 is 39.5 Å². The normalized spacial score (nSPS) is 16.3. The van der Waals surface area contributed by atoms with Gasteiger partial charge in [0.15, 0.2) is 11.3 Å². The summed E-state index contributed by atoms with van der Waals surface area (Å²) >= 11 is 0. The summed E-state index contributed by atoms with van der Waals surface area (Å²) in [5.41, 5.74) is 3.79. The van der Waals surface area contributed by atoms with Crippen molar-refractivity contribution in [3.05, 3.63) is 71.8 Å². The SMILES string of the molecule is COC(=O)c1ccc(N2CC(c3ccc(OC)c4oc5ccccc5c34)CC2=O)cc1. The van der Waals surface area contributed by atoms with E-state index in [2.05, 4.69) is 0 Å². The summed E-state index contributed by atoms with van der Waals surface area (Å²) in [7, 11) is 2.97. The number of nitrogens with zero attached hydrogens (tertiary/aromatic N) is 1. The molecule has 1 aromatic heterocycles. The smallest absolute Gasteiger partial charge is 0.337 e. The van der Waals surface area contributed by atoms with Crippen LogP contribution in [-0.4, -0.2) is 32.6 Å². The largest absolute Gasteiger partial charge is 0.493 e. The Labute approximate surface area is 179 Å². The number of rotatable bonds is 4. The second kappa shape index (κ2) is 7.47. The highest BCUT2D eigenvalue weighted by Crippen LogP contribution is 2.42. The van der Waals surface area contributed by atoms with Gasteiger partial charge in [-0.15, -0.1) is 0 Å². The van der Waals surface area contributed by atoms with Crippen LogP contribution in [0.3, 0.4) is 0 Å². The van der Waals surface area contributed by atoms with Gasteiger partial charge in [-0.1, -0.05) is 24.3 Å². The highest BCUT2D eigenvalue weighted by atomic mass is 16.5. The van der Waals surface area contributed by atoms with E-state index in [9.17, 15) is 9.59 Å². The highest BCUT2D eigenvalue weighted by molar-refractivity contribution is 6.09. The quantitative estimate of drug-likeness (QED) is 0.444. The van der Waals surface area contributed by atoms with Gasteiger partial charge >= 0.3 is 5.97 Å². The van der Waals surface area contributed by atoms with Crippen LogP contribution >= 0.6 is 0 Å². The predicted molar refractivity (Wildman–Crippen MR) is 118 cm³/mol. The zero-order valence-electron chi connectivity index (χ0n) is 17.3. The Morgan fingerprint density at radius 2 is 1.81 bits per heavy atom. The molecule has 1 fully saturated rings. The van der Waals surface area contributed by atoms with Crippen LogP contribution in [0.4, 0.5) is 5.69 Å². The van der Waals surface area contributed by atoms with Crippen molar-refractivity contribution in [3.8, 4) is 5.75 Å². The molecule has 1 unspecified atom stereocenters. The summed E-state index contributed by atoms with van der Waals surface area (Å²) in [6.07, 6.45) is 0.402. The first-order valence-electron chi connectivity index (χ1n) is 10.1. The summed E-state index contributed by atoms with van der Waals surface area (Å²) in [5.74, 6) is 0.342. The van der Waals surface area contributed by atoms with Gasteiger partial charge in [-0.2, -0.15) is 0 Å². The molecule has 1 atom stereocenters. The van der Waals surface area contributed by atoms with Crippen LogP contribution in [0, 0.1) is 0 Å². The molecule has 4 aromatic rings. The Bertz CT molecular complexity index is 1300. The average Bonchev–Trinajstić information content (AvgIpc) is 3.39. The number of ether oxygens (including phenoxy) is 2. The van der Waals surface area contributed by atoms with E-state index in [4.69, 9.17) is 13.9 Å². The maximum atomic E-state index is 12.9. The summed E-state index contributed by atoms with van der Waals surface area (Å²) in [5, 5.41) is 2.01. The van der Waals surface area contributed by atoms with Crippen LogP contribution in [0.25, 0.3) is 21.9 Å². The molecule has 156 valence electrons. The van der Waals surface area contributed by atoms with Crippen LogP contribution < -0.4 is 9.64 Å². The van der Waals surface area contributed by atoms with Crippen molar-refractivity contribution in [3.63, 3.8) is 0 Å². The van der Waals surface area contributed by atoms with Gasteiger partial charge < -0.3 is 18.8 Å². The molecule has 5 rings (SSSR count). The van der Waals surface area contributed by atoms with Crippen LogP contribution in [0.1, 0.15) is 28.3 Å². The van der Waals surface area contributed by atoms with Gasteiger partial charge in [0, 0.05) is 35.3 Å². The number of methoxy groups -OCH3 is 2. The number of esters is 1. The highest BCUT2D eigenvalue weighted by Gasteiger charge is 2.33. The van der Waals surface area contributed by atoms with E-state index in [1.165, 1.54) is 7.11 Å². The number of hydrogen-bond acceptors (Lipinski definition) is 5. The Morgan fingerprint density at radius 1 is 1.03 bits per heavy atom. The van der Waals surface area contributed by atoms with Gasteiger partial charge in [0.25, 0.3) is 0 Å². The third kappa shape index (κ3) is 3.11. The van der Waals surface area contributed by atoms with Crippen molar-refractivity contribution < 1.29 is 23.5 Å². The first kappa shape index (κ1) is 19.2. The van der Waals surface area contributed by atoms with Gasteiger partial charge in [0.05, 0.1) is 19.8 Å². The van der Waals surface area contributed by atoms with E-state index in [1.54, 1.807) is 36.3 Å². The van der Waals surface area contributed by atoms with Gasteiger partial charge in [0.2, 0.25) is 5.91 Å². The zero-order valence-corrected chi connectivity index (χ0v) is 17.3. The van der Waals surface area contributed by atoms with Gasteiger partial charge in [0.1, 0.15) is 5.58 Å². The zero-order chi connectivity index (χ0) is 21.5. The number of amides is 1. The minimum Gasteiger partial charge on any atom is -0.493 e. The lowest BCUT2D eigenvalue weighted by Crippen LogP contribution is -2.24. The van der Waals surface area contributed by atoms with Crippen LogP contribution in [0.15, 0.2) is 65.1 Å². The minimum absolute atomic E-state index is 0.0159. The Morgan fingerprint density at radius 3 is 2.55 bits per heavy atom. The van der Waals surface area contributed by atoms with Crippen molar-refractivity contribution in [1.82, 2.24) is 0 Å². The third-order valence-corrected chi connectivity index (χ3v) is 5.91. The molecule has 0 radical (unpaired) electrons. The van der Waals surface area contributed by atoms with Crippen LogP contribution in [0.2, 0.25) is 0 Å². The molecule has 1 amide bonds. The summed E-state index contributed by atoms with van der Waals surface area (Å²) in [4.78, 5) is 26.3. The molecule has 0 saturated carbocycles. The third-order valence-electron chi connectivity index (χ3n) is 5.91. The Kier molecular flexibility index (Phi) is 4.62. The first-order valence-corrected chi connectivity index (χ1v) is 10.1. The molecule has 0 N–H and O–H groups in total. The van der Waals surface area contributed by atoms with E-state index < -0.39 is 5.97 Å². The number of furan rings is 1. The molecule has 1 aliphatic rings. The van der Waals surface area contributed by atoms with E-state index in [-0.39, 0.29) is 11.8 Å². The molecule has 6 heteroatoms. The summed E-state index contributed by atoms with van der Waals surface area (Å²) < 4.78 is 16.4. The van der Waals surface area contributed by atoms with E-state index in [1.807, 2.05) is 36.4 Å². The summed E-state index contributed by atoms with van der Waals surface area (Å²) in [6.45, 7) is 0.553. The lowest BCUT2D eigenvalue weighted by Gasteiger charge is -2.18. The molecule has 2 heterocycles. The van der Waals surface area contributed by atoms with Gasteiger partial charge in [-0.25, -0.2) is 4.79 Å². The lowest BCUT2D eigenvalue weighted by atomic mass is 9.93. The molecule has 31 heavy (non-hydrogen) atoms. The number of anilines is 1. The van der Waals surface area contributed by atoms with E-state index >= 15 is 0 Å². The number of carbonyl (C=O) groups is 2. The molecule has 1 saturated heterocycles. The standard InChI is InChI=1S/C25H21NO5/c1-29-21-12-11-18(23-19-5-3-4-6-20(19)31-24(21)23)16-13-22(27)26(14-16)17-9-7-15(8-10-17)25(28)30-2/h3-12,16H,13-14H2,1-2H3. The number of benzene rings is 3. The number of carbonyl (C=O) groups excluding carboxylic acids is 2. The topological polar surface area (TPSA) is 69.0 Å². The molecule has 0 spiro atoms. The lowest BCUT2D eigenvalue weighted by molar-refractivity contribution is -0.117. The molecule has 6 nitrogen and oxygen atoms in total. The molecule has 1 aliphatic heterocycles. The molecule has 3 aromatic carbocycles. The first-order chi connectivity index (χ1) is 15.1. The Hall–Kier alpha value is -3.80. The van der Waals surface area contributed by atoms with Crippen molar-refractivity contribution in [1.29, 1.82) is 0 Å². The maximum absolute atomic E-state index is 12.9. The van der Waals surface area contributed by atoms with Crippen molar-refractivity contribution in [2.24, 2.45) is 0 Å². The van der Waals surface area contributed by atoms with Crippen molar-refractivity contribution in [2.75, 3.05) is 25.7 Å². The second-order valence-electron chi connectivity index (χ2n) is 7.60. The number of fused-ring (bicyclic) bond motifs is 3. The Balaban J connectivity index is 1.53. The number of hydrogen-bond donors (Lipinski definition) is 0. The van der Waals surface area contributed by atoms with Gasteiger partial charge in [-0.3, -0.25) is 4.79 Å².